The summed E-state index contributed by atoms with van der Waals surface area (Å²) in [6, 6.07) is 56.0. The molecule has 0 saturated heterocycles. The normalized spacial score (nSPS) is 13.0. The highest BCUT2D eigenvalue weighted by molar-refractivity contribution is 6.38. The maximum atomic E-state index is 2.49. The monoisotopic (exact) mass is 690 g/mol. The van der Waals surface area contributed by atoms with Gasteiger partial charge in [-0.15, -0.1) is 0 Å². The fourth-order valence-corrected chi connectivity index (χ4v) is 9.63. The Bertz CT molecular complexity index is 3310. The molecule has 11 aromatic carbocycles. The topological polar surface area (TPSA) is 0 Å². The van der Waals surface area contributed by atoms with E-state index in [1.807, 2.05) is 0 Å². The van der Waals surface area contributed by atoms with Gasteiger partial charge in [0.1, 0.15) is 0 Å². The second kappa shape index (κ2) is 10.8. The van der Waals surface area contributed by atoms with Crippen LogP contribution in [0.5, 0.6) is 0 Å². The Hall–Kier alpha value is -5.98. The Morgan fingerprint density at radius 1 is 0.278 bits per heavy atom. The van der Waals surface area contributed by atoms with Gasteiger partial charge in [-0.2, -0.15) is 0 Å². The second-order valence-electron chi connectivity index (χ2n) is 17.7. The van der Waals surface area contributed by atoms with Crippen LogP contribution in [0.1, 0.15) is 52.7 Å². The minimum atomic E-state index is 0.0334. The summed E-state index contributed by atoms with van der Waals surface area (Å²) in [4.78, 5) is 0. The molecule has 0 heterocycles. The van der Waals surface area contributed by atoms with E-state index in [1.54, 1.807) is 0 Å². The van der Waals surface area contributed by atoms with Gasteiger partial charge >= 0.3 is 0 Å². The van der Waals surface area contributed by atoms with Crippen LogP contribution < -0.4 is 0 Å². The van der Waals surface area contributed by atoms with Crippen LogP contribution in [0.3, 0.4) is 0 Å². The second-order valence-corrected chi connectivity index (χ2v) is 17.7. The summed E-state index contributed by atoms with van der Waals surface area (Å²) < 4.78 is 0. The lowest BCUT2D eigenvalue weighted by atomic mass is 9.81. The average molecular weight is 691 g/mol. The molecule has 0 unspecified atom stereocenters. The van der Waals surface area contributed by atoms with Crippen LogP contribution in [0.15, 0.2) is 146 Å². The van der Waals surface area contributed by atoms with E-state index in [0.717, 1.165) is 0 Å². The van der Waals surface area contributed by atoms with Gasteiger partial charge < -0.3 is 0 Å². The van der Waals surface area contributed by atoms with Gasteiger partial charge in [-0.25, -0.2) is 0 Å². The van der Waals surface area contributed by atoms with E-state index in [4.69, 9.17) is 0 Å². The van der Waals surface area contributed by atoms with E-state index < -0.39 is 0 Å². The predicted octanol–water partition coefficient (Wildman–Crippen LogP) is 15.7. The number of hydrogen-bond donors (Lipinski definition) is 0. The van der Waals surface area contributed by atoms with Crippen molar-refractivity contribution in [3.8, 4) is 22.3 Å². The number of rotatable bonds is 2. The summed E-state index contributed by atoms with van der Waals surface area (Å²) in [5, 5.41) is 21.4. The maximum absolute atomic E-state index is 2.49. The van der Waals surface area contributed by atoms with Gasteiger partial charge in [-0.3, -0.25) is 0 Å². The van der Waals surface area contributed by atoms with Crippen molar-refractivity contribution in [2.45, 2.75) is 52.4 Å². The van der Waals surface area contributed by atoms with Crippen LogP contribution in [-0.2, 0) is 10.8 Å². The van der Waals surface area contributed by atoms with Gasteiger partial charge in [0.15, 0.2) is 0 Å². The minimum Gasteiger partial charge on any atom is -0.0616 e. The molecular formula is C54H42. The fourth-order valence-electron chi connectivity index (χ4n) is 9.63. The maximum Gasteiger partial charge on any atom is -0.00199 e. The quantitative estimate of drug-likeness (QED) is 0.158. The molecule has 0 aliphatic heterocycles. The van der Waals surface area contributed by atoms with Crippen molar-refractivity contribution >= 4 is 86.2 Å². The predicted molar refractivity (Wildman–Crippen MR) is 237 cm³/mol. The Morgan fingerprint density at radius 3 is 1.46 bits per heavy atom. The van der Waals surface area contributed by atoms with Gasteiger partial charge in [0.2, 0.25) is 0 Å². The molecule has 0 fully saturated rings. The number of hydrogen-bond acceptors (Lipinski definition) is 0. The van der Waals surface area contributed by atoms with Crippen LogP contribution in [0.25, 0.3) is 108 Å². The molecule has 11 rings (SSSR count). The zero-order valence-corrected chi connectivity index (χ0v) is 31.9. The summed E-state index contributed by atoms with van der Waals surface area (Å²) in [5.74, 6) is 0. The van der Waals surface area contributed by atoms with Crippen LogP contribution in [0.4, 0.5) is 0 Å². The van der Waals surface area contributed by atoms with Crippen LogP contribution in [0.2, 0.25) is 0 Å². The third-order valence-electron chi connectivity index (χ3n) is 12.5. The average Bonchev–Trinajstić information content (AvgIpc) is 3.67. The van der Waals surface area contributed by atoms with E-state index in [1.165, 1.54) is 120 Å². The lowest BCUT2D eigenvalue weighted by Gasteiger charge is -2.23. The highest BCUT2D eigenvalue weighted by Crippen LogP contribution is 2.48. The molecule has 0 bridgehead atoms. The highest BCUT2D eigenvalue weighted by Gasteiger charge is 2.22. The van der Waals surface area contributed by atoms with Crippen molar-refractivity contribution in [2.75, 3.05) is 0 Å². The zero-order valence-electron chi connectivity index (χ0n) is 31.9. The largest absolute Gasteiger partial charge is 0.0616 e. The first kappa shape index (κ1) is 31.5. The van der Waals surface area contributed by atoms with Gasteiger partial charge in [0, 0.05) is 0 Å². The highest BCUT2D eigenvalue weighted by atomic mass is 14.3. The first-order chi connectivity index (χ1) is 26.0. The van der Waals surface area contributed by atoms with E-state index in [0.29, 0.717) is 0 Å². The SMILES string of the molecule is CC(C)(C)c1ccc(-c2ccc(C(C)(C)C)cc2-c2ccc3c4cc5ccc6c(cc7c8ccccc8c8cccc6c87)c5cc4c4cccc2c34)cc1. The molecule has 0 radical (unpaired) electrons. The lowest BCUT2D eigenvalue weighted by molar-refractivity contribution is 0.590. The van der Waals surface area contributed by atoms with Gasteiger partial charge in [0.05, 0.1) is 0 Å². The Morgan fingerprint density at radius 2 is 0.759 bits per heavy atom. The third kappa shape index (κ3) is 4.37. The van der Waals surface area contributed by atoms with Crippen LogP contribution >= 0.6 is 0 Å². The summed E-state index contributed by atoms with van der Waals surface area (Å²) in [7, 11) is 0. The van der Waals surface area contributed by atoms with Gasteiger partial charge in [-0.1, -0.05) is 163 Å². The zero-order chi connectivity index (χ0) is 36.7. The third-order valence-corrected chi connectivity index (χ3v) is 12.5. The molecule has 0 heteroatoms. The molecule has 11 aromatic rings. The van der Waals surface area contributed by atoms with Crippen LogP contribution in [0, 0.1) is 0 Å². The fraction of sp³-hybridized carbons (Fsp3) is 0.148. The molecule has 0 aliphatic rings. The summed E-state index contributed by atoms with van der Waals surface area (Å²) >= 11 is 0. The van der Waals surface area contributed by atoms with Crippen molar-refractivity contribution in [1.29, 1.82) is 0 Å². The van der Waals surface area contributed by atoms with Gasteiger partial charge in [-0.05, 0) is 155 Å². The molecule has 0 amide bonds. The molecule has 258 valence electrons. The molecule has 0 N–H and O–H groups in total. The molecule has 0 saturated carbocycles. The first-order valence-electron chi connectivity index (χ1n) is 19.4. The summed E-state index contributed by atoms with van der Waals surface area (Å²) in [6.45, 7) is 13.8. The van der Waals surface area contributed by atoms with E-state index >= 15 is 0 Å². The van der Waals surface area contributed by atoms with E-state index in [-0.39, 0.29) is 10.8 Å². The van der Waals surface area contributed by atoms with Crippen molar-refractivity contribution in [3.63, 3.8) is 0 Å². The molecule has 0 spiro atoms. The Kier molecular flexibility index (Phi) is 6.31. The summed E-state index contributed by atoms with van der Waals surface area (Å²) in [5.41, 5.74) is 7.98. The van der Waals surface area contributed by atoms with Crippen LogP contribution in [-0.4, -0.2) is 0 Å². The van der Waals surface area contributed by atoms with Crippen molar-refractivity contribution in [2.24, 2.45) is 0 Å². The molecule has 0 aliphatic carbocycles. The Balaban J connectivity index is 1.18. The van der Waals surface area contributed by atoms with Crippen molar-refractivity contribution < 1.29 is 0 Å². The summed E-state index contributed by atoms with van der Waals surface area (Å²) in [6.07, 6.45) is 0. The van der Waals surface area contributed by atoms with Crippen molar-refractivity contribution in [1.82, 2.24) is 0 Å². The molecule has 54 heavy (non-hydrogen) atoms. The Labute approximate surface area is 316 Å². The molecule has 0 atom stereocenters. The smallest absolute Gasteiger partial charge is 0.00199 e. The number of fused-ring (bicyclic) bond motifs is 10. The van der Waals surface area contributed by atoms with Gasteiger partial charge in [0.25, 0.3) is 0 Å². The molecule has 0 aromatic heterocycles. The molecule has 0 nitrogen and oxygen atoms in total. The van der Waals surface area contributed by atoms with Crippen molar-refractivity contribution in [3.05, 3.63) is 157 Å². The first-order valence-corrected chi connectivity index (χ1v) is 19.4. The standard InChI is InChI=1S/C54H42/c1-53(2,3)33-20-17-31(18-21-33)35-24-22-34(54(4,5)6)28-47(35)39-25-26-44-46-27-32-19-23-38-42-15-9-13-40-36-11-7-8-12-37(36)50(52(40)42)30-48(38)45(32)29-49(46)43-16-10-14-41(39)51(43)44/h7-30H,1-6H3. The minimum absolute atomic E-state index is 0.0334. The lowest BCUT2D eigenvalue weighted by Crippen LogP contribution is -2.11. The van der Waals surface area contributed by atoms with E-state index in [2.05, 4.69) is 187 Å². The molecular weight excluding hydrogens is 649 g/mol. The number of benzene rings is 9. The van der Waals surface area contributed by atoms with E-state index in [9.17, 15) is 0 Å².